The zero-order valence-electron chi connectivity index (χ0n) is 15.6. The maximum absolute atomic E-state index is 12.6. The Morgan fingerprint density at radius 1 is 1.46 bits per heavy atom. The SMILES string of the molecule is CC(C)Cc1cc(C(=O)N(C)C[C@@]2(O)CCN(c3ccccn3)C2)on1. The third-order valence-corrected chi connectivity index (χ3v) is 4.57. The van der Waals surface area contributed by atoms with Crippen molar-refractivity contribution >= 4 is 11.7 Å². The molecule has 0 radical (unpaired) electrons. The summed E-state index contributed by atoms with van der Waals surface area (Å²) in [6, 6.07) is 7.40. The van der Waals surface area contributed by atoms with Crippen molar-refractivity contribution in [2.24, 2.45) is 5.92 Å². The van der Waals surface area contributed by atoms with Crippen LogP contribution in [0.3, 0.4) is 0 Å². The predicted octanol–water partition coefficient (Wildman–Crippen LogP) is 1.98. The van der Waals surface area contributed by atoms with Gasteiger partial charge in [-0.05, 0) is 30.9 Å². The molecule has 0 unspecified atom stereocenters. The van der Waals surface area contributed by atoms with Crippen LogP contribution in [0.4, 0.5) is 5.82 Å². The number of carbonyl (C=O) groups is 1. The molecule has 0 saturated carbocycles. The second-order valence-corrected chi connectivity index (χ2v) is 7.53. The molecule has 1 atom stereocenters. The molecule has 26 heavy (non-hydrogen) atoms. The van der Waals surface area contributed by atoms with E-state index in [0.717, 1.165) is 17.9 Å². The summed E-state index contributed by atoms with van der Waals surface area (Å²) in [5.74, 6) is 1.23. The predicted molar refractivity (Wildman–Crippen MR) is 98.0 cm³/mol. The lowest BCUT2D eigenvalue weighted by molar-refractivity contribution is 0.0248. The van der Waals surface area contributed by atoms with E-state index in [9.17, 15) is 9.90 Å². The van der Waals surface area contributed by atoms with Crippen LogP contribution in [0.25, 0.3) is 0 Å². The van der Waals surface area contributed by atoms with Gasteiger partial charge in [0.2, 0.25) is 5.76 Å². The Balaban J connectivity index is 1.61. The first-order valence-electron chi connectivity index (χ1n) is 8.96. The summed E-state index contributed by atoms with van der Waals surface area (Å²) in [6.07, 6.45) is 3.08. The van der Waals surface area contributed by atoms with Crippen molar-refractivity contribution in [3.63, 3.8) is 0 Å². The molecule has 7 heteroatoms. The van der Waals surface area contributed by atoms with Crippen LogP contribution in [-0.2, 0) is 6.42 Å². The summed E-state index contributed by atoms with van der Waals surface area (Å²) in [7, 11) is 1.67. The second kappa shape index (κ2) is 7.45. The molecule has 3 heterocycles. The number of carbonyl (C=O) groups excluding carboxylic acids is 1. The molecule has 1 fully saturated rings. The number of likely N-dealkylation sites (N-methyl/N-ethyl adjacent to an activating group) is 1. The first kappa shape index (κ1) is 18.4. The van der Waals surface area contributed by atoms with Gasteiger partial charge >= 0.3 is 0 Å². The summed E-state index contributed by atoms with van der Waals surface area (Å²) in [6.45, 7) is 5.55. The molecule has 1 aliphatic rings. The van der Waals surface area contributed by atoms with E-state index in [2.05, 4.69) is 24.0 Å². The lowest BCUT2D eigenvalue weighted by Crippen LogP contribution is -2.45. The summed E-state index contributed by atoms with van der Waals surface area (Å²) in [5, 5.41) is 14.9. The second-order valence-electron chi connectivity index (χ2n) is 7.53. The van der Waals surface area contributed by atoms with Crippen LogP contribution in [0.5, 0.6) is 0 Å². The molecule has 140 valence electrons. The van der Waals surface area contributed by atoms with E-state index in [0.29, 0.717) is 25.4 Å². The highest BCUT2D eigenvalue weighted by molar-refractivity contribution is 5.91. The van der Waals surface area contributed by atoms with Crippen LogP contribution in [0.1, 0.15) is 36.5 Å². The zero-order chi connectivity index (χ0) is 18.7. The van der Waals surface area contributed by atoms with E-state index >= 15 is 0 Å². The number of amides is 1. The van der Waals surface area contributed by atoms with Gasteiger partial charge in [-0.3, -0.25) is 4.79 Å². The van der Waals surface area contributed by atoms with Crippen LogP contribution in [0.15, 0.2) is 35.0 Å². The maximum Gasteiger partial charge on any atom is 0.292 e. The van der Waals surface area contributed by atoms with E-state index in [4.69, 9.17) is 4.52 Å². The van der Waals surface area contributed by atoms with Gasteiger partial charge in [-0.2, -0.15) is 0 Å². The minimum atomic E-state index is -0.970. The molecule has 1 saturated heterocycles. The third-order valence-electron chi connectivity index (χ3n) is 4.57. The van der Waals surface area contributed by atoms with Crippen molar-refractivity contribution < 1.29 is 14.4 Å². The Kier molecular flexibility index (Phi) is 5.27. The van der Waals surface area contributed by atoms with Crippen molar-refractivity contribution in [2.75, 3.05) is 31.6 Å². The van der Waals surface area contributed by atoms with Crippen LogP contribution < -0.4 is 4.90 Å². The number of β-amino-alcohol motifs (C(OH)–C–C–N with tert-alkyl or cyclic N) is 1. The first-order valence-corrected chi connectivity index (χ1v) is 8.96. The van der Waals surface area contributed by atoms with Crippen molar-refractivity contribution in [3.05, 3.63) is 41.9 Å². The smallest absolute Gasteiger partial charge is 0.292 e. The number of pyridine rings is 1. The minimum absolute atomic E-state index is 0.214. The Hall–Kier alpha value is -2.41. The monoisotopic (exact) mass is 358 g/mol. The lowest BCUT2D eigenvalue weighted by Gasteiger charge is -2.28. The van der Waals surface area contributed by atoms with E-state index in [-0.39, 0.29) is 18.2 Å². The number of aliphatic hydroxyl groups is 1. The summed E-state index contributed by atoms with van der Waals surface area (Å²) >= 11 is 0. The Bertz CT molecular complexity index is 746. The van der Waals surface area contributed by atoms with Gasteiger partial charge in [0.05, 0.1) is 12.2 Å². The Morgan fingerprint density at radius 2 is 2.27 bits per heavy atom. The maximum atomic E-state index is 12.6. The van der Waals surface area contributed by atoms with Crippen LogP contribution in [0, 0.1) is 5.92 Å². The molecular weight excluding hydrogens is 332 g/mol. The third kappa shape index (κ3) is 4.22. The van der Waals surface area contributed by atoms with Crippen LogP contribution in [-0.4, -0.2) is 58.3 Å². The van der Waals surface area contributed by atoms with Gasteiger partial charge in [0.15, 0.2) is 0 Å². The quantitative estimate of drug-likeness (QED) is 0.850. The summed E-state index contributed by atoms with van der Waals surface area (Å²) in [4.78, 5) is 20.4. The van der Waals surface area contributed by atoms with E-state index in [1.165, 1.54) is 4.90 Å². The summed E-state index contributed by atoms with van der Waals surface area (Å²) < 4.78 is 5.19. The van der Waals surface area contributed by atoms with Crippen molar-refractivity contribution in [3.8, 4) is 0 Å². The molecule has 0 spiro atoms. The zero-order valence-corrected chi connectivity index (χ0v) is 15.6. The van der Waals surface area contributed by atoms with Gasteiger partial charge in [0, 0.05) is 32.4 Å². The number of hydrogen-bond donors (Lipinski definition) is 1. The summed E-state index contributed by atoms with van der Waals surface area (Å²) in [5.41, 5.74) is -0.194. The van der Waals surface area contributed by atoms with Gasteiger partial charge in [-0.15, -0.1) is 0 Å². The molecule has 0 bridgehead atoms. The molecular formula is C19H26N4O3. The van der Waals surface area contributed by atoms with Gasteiger partial charge in [-0.1, -0.05) is 25.1 Å². The number of anilines is 1. The van der Waals surface area contributed by atoms with Crippen LogP contribution in [0.2, 0.25) is 0 Å². The van der Waals surface area contributed by atoms with E-state index < -0.39 is 5.60 Å². The number of rotatable bonds is 6. The first-order chi connectivity index (χ1) is 12.4. The molecule has 2 aromatic heterocycles. The normalized spacial score (nSPS) is 20.0. The molecule has 7 nitrogen and oxygen atoms in total. The topological polar surface area (TPSA) is 82.7 Å². The molecule has 2 aromatic rings. The molecule has 1 amide bonds. The van der Waals surface area contributed by atoms with Crippen molar-refractivity contribution in [2.45, 2.75) is 32.3 Å². The van der Waals surface area contributed by atoms with Crippen LogP contribution >= 0.6 is 0 Å². The van der Waals surface area contributed by atoms with Gasteiger partial charge < -0.3 is 19.4 Å². The highest BCUT2D eigenvalue weighted by Crippen LogP contribution is 2.26. The lowest BCUT2D eigenvalue weighted by atomic mass is 10.0. The highest BCUT2D eigenvalue weighted by atomic mass is 16.5. The highest BCUT2D eigenvalue weighted by Gasteiger charge is 2.39. The molecule has 3 rings (SSSR count). The standard InChI is InChI=1S/C19H26N4O3/c1-14(2)10-15-11-16(26-21-15)18(24)22(3)12-19(25)7-9-23(13-19)17-6-4-5-8-20-17/h4-6,8,11,14,25H,7,9-10,12-13H2,1-3H3/t19-/m0/s1. The fourth-order valence-corrected chi connectivity index (χ4v) is 3.35. The molecule has 1 N–H and O–H groups in total. The average Bonchev–Trinajstić information content (AvgIpc) is 3.21. The number of aromatic nitrogens is 2. The van der Waals surface area contributed by atoms with E-state index in [1.807, 2.05) is 23.1 Å². The van der Waals surface area contributed by atoms with Gasteiger partial charge in [0.25, 0.3) is 5.91 Å². The largest absolute Gasteiger partial charge is 0.386 e. The number of nitrogens with zero attached hydrogens (tertiary/aromatic N) is 4. The van der Waals surface area contributed by atoms with E-state index in [1.54, 1.807) is 19.3 Å². The number of hydrogen-bond acceptors (Lipinski definition) is 6. The van der Waals surface area contributed by atoms with Gasteiger partial charge in [-0.25, -0.2) is 4.98 Å². The fraction of sp³-hybridized carbons (Fsp3) is 0.526. The van der Waals surface area contributed by atoms with Gasteiger partial charge in [0.1, 0.15) is 11.4 Å². The Morgan fingerprint density at radius 3 is 2.96 bits per heavy atom. The minimum Gasteiger partial charge on any atom is -0.386 e. The molecule has 0 aromatic carbocycles. The molecule has 1 aliphatic heterocycles. The molecule has 0 aliphatic carbocycles. The Labute approximate surface area is 153 Å². The van der Waals surface area contributed by atoms with Crippen molar-refractivity contribution in [1.29, 1.82) is 0 Å². The fourth-order valence-electron chi connectivity index (χ4n) is 3.35. The average molecular weight is 358 g/mol. The van der Waals surface area contributed by atoms with Crippen molar-refractivity contribution in [1.82, 2.24) is 15.0 Å².